The van der Waals surface area contributed by atoms with E-state index in [9.17, 15) is 9.18 Å². The number of benzene rings is 1. The number of halogens is 1. The fourth-order valence-electron chi connectivity index (χ4n) is 3.41. The van der Waals surface area contributed by atoms with Crippen molar-refractivity contribution in [3.05, 3.63) is 41.8 Å². The van der Waals surface area contributed by atoms with Crippen LogP contribution in [0.15, 0.2) is 34.9 Å². The zero-order valence-corrected chi connectivity index (χ0v) is 12.8. The third-order valence-electron chi connectivity index (χ3n) is 5.01. The molecule has 1 aromatic carbocycles. The molecule has 0 atom stereocenters. The monoisotopic (exact) mass is 314 g/mol. The molecule has 1 N–H and O–H groups in total. The zero-order chi connectivity index (χ0) is 15.9. The fourth-order valence-corrected chi connectivity index (χ4v) is 3.41. The minimum Gasteiger partial charge on any atom is -0.356 e. The molecule has 4 nitrogen and oxygen atoms in total. The van der Waals surface area contributed by atoms with E-state index in [1.165, 1.54) is 18.9 Å². The molecule has 2 aliphatic carbocycles. The molecule has 23 heavy (non-hydrogen) atoms. The molecule has 0 bridgehead atoms. The lowest BCUT2D eigenvalue weighted by Gasteiger charge is -2.17. The van der Waals surface area contributed by atoms with Crippen LogP contribution in [0.4, 0.5) is 4.39 Å². The normalized spacial score (nSPS) is 19.7. The van der Waals surface area contributed by atoms with Crippen LogP contribution >= 0.6 is 0 Å². The number of nitrogens with zero attached hydrogens (tertiary/aromatic N) is 1. The van der Waals surface area contributed by atoms with Crippen molar-refractivity contribution in [1.82, 2.24) is 10.5 Å². The van der Waals surface area contributed by atoms with Gasteiger partial charge in [-0.15, -0.1) is 0 Å². The molecule has 1 aromatic heterocycles. The van der Waals surface area contributed by atoms with Gasteiger partial charge in [0.15, 0.2) is 5.76 Å². The Bertz CT molecular complexity index is 730. The second-order valence-corrected chi connectivity index (χ2v) is 6.59. The van der Waals surface area contributed by atoms with Crippen LogP contribution in [0.1, 0.15) is 44.2 Å². The first-order valence-corrected chi connectivity index (χ1v) is 8.22. The summed E-state index contributed by atoms with van der Waals surface area (Å²) in [6.45, 7) is 0. The third-order valence-corrected chi connectivity index (χ3v) is 5.01. The Morgan fingerprint density at radius 2 is 2.00 bits per heavy atom. The van der Waals surface area contributed by atoms with Crippen molar-refractivity contribution in [2.24, 2.45) is 0 Å². The van der Waals surface area contributed by atoms with Gasteiger partial charge in [0.25, 0.3) is 0 Å². The Kier molecular flexibility index (Phi) is 3.43. The second kappa shape index (κ2) is 5.48. The van der Waals surface area contributed by atoms with Gasteiger partial charge < -0.3 is 9.84 Å². The molecule has 0 unspecified atom stereocenters. The highest BCUT2D eigenvalue weighted by Crippen LogP contribution is 2.49. The molecule has 2 fully saturated rings. The molecular formula is C18H19FN2O2. The summed E-state index contributed by atoms with van der Waals surface area (Å²) < 4.78 is 19.2. The van der Waals surface area contributed by atoms with E-state index >= 15 is 0 Å². The van der Waals surface area contributed by atoms with Gasteiger partial charge in [-0.3, -0.25) is 4.79 Å². The van der Waals surface area contributed by atoms with E-state index < -0.39 is 5.41 Å². The summed E-state index contributed by atoms with van der Waals surface area (Å²) >= 11 is 0. The number of nitrogens with one attached hydrogen (secondary N) is 1. The average Bonchev–Trinajstić information content (AvgIpc) is 2.97. The SMILES string of the molecule is O=C(NC1CCCC1)C1(c2cc(-c3ccccc3F)on2)CC1. The van der Waals surface area contributed by atoms with Gasteiger partial charge in [-0.1, -0.05) is 30.1 Å². The van der Waals surface area contributed by atoms with Crippen LogP contribution in [0.3, 0.4) is 0 Å². The Morgan fingerprint density at radius 3 is 2.70 bits per heavy atom. The molecular weight excluding hydrogens is 295 g/mol. The van der Waals surface area contributed by atoms with Crippen molar-refractivity contribution in [2.45, 2.75) is 50.0 Å². The van der Waals surface area contributed by atoms with Gasteiger partial charge in [0.2, 0.25) is 5.91 Å². The highest BCUT2D eigenvalue weighted by Gasteiger charge is 2.54. The molecule has 4 rings (SSSR count). The highest BCUT2D eigenvalue weighted by molar-refractivity contribution is 5.91. The summed E-state index contributed by atoms with van der Waals surface area (Å²) in [5, 5.41) is 7.21. The van der Waals surface area contributed by atoms with Crippen molar-refractivity contribution in [3.63, 3.8) is 0 Å². The maximum absolute atomic E-state index is 13.9. The molecule has 1 amide bonds. The highest BCUT2D eigenvalue weighted by atomic mass is 19.1. The molecule has 5 heteroatoms. The lowest BCUT2D eigenvalue weighted by atomic mass is 9.99. The van der Waals surface area contributed by atoms with Gasteiger partial charge >= 0.3 is 0 Å². The Balaban J connectivity index is 1.56. The van der Waals surface area contributed by atoms with Crippen molar-refractivity contribution < 1.29 is 13.7 Å². The number of aromatic nitrogens is 1. The number of rotatable bonds is 4. The quantitative estimate of drug-likeness (QED) is 0.938. The second-order valence-electron chi connectivity index (χ2n) is 6.59. The predicted octanol–water partition coefficient (Wildman–Crippen LogP) is 3.57. The van der Waals surface area contributed by atoms with E-state index in [-0.39, 0.29) is 17.8 Å². The van der Waals surface area contributed by atoms with Crippen LogP contribution in [0, 0.1) is 5.82 Å². The van der Waals surface area contributed by atoms with Gasteiger partial charge in [-0.2, -0.15) is 0 Å². The van der Waals surface area contributed by atoms with E-state index in [0.29, 0.717) is 17.0 Å². The van der Waals surface area contributed by atoms with Crippen LogP contribution in [-0.2, 0) is 10.2 Å². The van der Waals surface area contributed by atoms with E-state index in [2.05, 4.69) is 10.5 Å². The van der Waals surface area contributed by atoms with Gasteiger partial charge in [0, 0.05) is 12.1 Å². The molecule has 1 heterocycles. The van der Waals surface area contributed by atoms with Crippen molar-refractivity contribution in [2.75, 3.05) is 0 Å². The molecule has 0 radical (unpaired) electrons. The Labute approximate surface area is 134 Å². The van der Waals surface area contributed by atoms with Gasteiger partial charge in [-0.05, 0) is 37.8 Å². The summed E-state index contributed by atoms with van der Waals surface area (Å²) in [6.07, 6.45) is 6.02. The summed E-state index contributed by atoms with van der Waals surface area (Å²) in [5.74, 6) is 0.0614. The first kappa shape index (κ1) is 14.4. The fraction of sp³-hybridized carbons (Fsp3) is 0.444. The van der Waals surface area contributed by atoms with Crippen LogP contribution in [-0.4, -0.2) is 17.1 Å². The van der Waals surface area contributed by atoms with E-state index in [4.69, 9.17) is 4.52 Å². The lowest BCUT2D eigenvalue weighted by Crippen LogP contribution is -2.40. The maximum Gasteiger partial charge on any atom is 0.232 e. The van der Waals surface area contributed by atoms with E-state index in [0.717, 1.165) is 25.7 Å². The third kappa shape index (κ3) is 2.54. The largest absolute Gasteiger partial charge is 0.356 e. The maximum atomic E-state index is 13.9. The first-order chi connectivity index (χ1) is 11.2. The lowest BCUT2D eigenvalue weighted by molar-refractivity contribution is -0.124. The molecule has 2 aliphatic rings. The molecule has 2 aromatic rings. The first-order valence-electron chi connectivity index (χ1n) is 8.22. The summed E-state index contributed by atoms with van der Waals surface area (Å²) in [4.78, 5) is 12.6. The molecule has 2 saturated carbocycles. The summed E-state index contributed by atoms with van der Waals surface area (Å²) in [6, 6.07) is 8.42. The minimum atomic E-state index is -0.574. The summed E-state index contributed by atoms with van der Waals surface area (Å²) in [5.41, 5.74) is 0.416. The Hall–Kier alpha value is -2.17. The van der Waals surface area contributed by atoms with Crippen LogP contribution in [0.5, 0.6) is 0 Å². The smallest absolute Gasteiger partial charge is 0.232 e. The predicted molar refractivity (Wildman–Crippen MR) is 83.2 cm³/mol. The Morgan fingerprint density at radius 1 is 1.26 bits per heavy atom. The van der Waals surface area contributed by atoms with Crippen molar-refractivity contribution in [1.29, 1.82) is 0 Å². The number of hydrogen-bond donors (Lipinski definition) is 1. The van der Waals surface area contributed by atoms with E-state index in [1.54, 1.807) is 24.3 Å². The molecule has 120 valence electrons. The van der Waals surface area contributed by atoms with Crippen LogP contribution in [0.2, 0.25) is 0 Å². The van der Waals surface area contributed by atoms with Crippen molar-refractivity contribution in [3.8, 4) is 11.3 Å². The zero-order valence-electron chi connectivity index (χ0n) is 12.8. The van der Waals surface area contributed by atoms with Crippen LogP contribution < -0.4 is 5.32 Å². The van der Waals surface area contributed by atoms with Gasteiger partial charge in [-0.25, -0.2) is 4.39 Å². The minimum absolute atomic E-state index is 0.0396. The van der Waals surface area contributed by atoms with Gasteiger partial charge in [0.05, 0.1) is 16.7 Å². The topological polar surface area (TPSA) is 55.1 Å². The van der Waals surface area contributed by atoms with E-state index in [1.807, 2.05) is 0 Å². The molecule has 0 spiro atoms. The number of carbonyl (C=O) groups is 1. The standard InChI is InChI=1S/C18H19FN2O2/c19-14-8-4-3-7-13(14)15-11-16(21-23-15)18(9-10-18)17(22)20-12-5-1-2-6-12/h3-4,7-8,11-12H,1-2,5-6,9-10H2,(H,20,22). The van der Waals surface area contributed by atoms with Gasteiger partial charge in [0.1, 0.15) is 5.82 Å². The van der Waals surface area contributed by atoms with Crippen molar-refractivity contribution >= 4 is 5.91 Å². The number of hydrogen-bond acceptors (Lipinski definition) is 3. The molecule has 0 aliphatic heterocycles. The molecule has 0 saturated heterocycles. The average molecular weight is 314 g/mol. The number of amides is 1. The summed E-state index contributed by atoms with van der Waals surface area (Å²) in [7, 11) is 0. The van der Waals surface area contributed by atoms with Crippen LogP contribution in [0.25, 0.3) is 11.3 Å². The number of carbonyl (C=O) groups excluding carboxylic acids is 1.